The van der Waals surface area contributed by atoms with Gasteiger partial charge in [0.05, 0.1) is 11.4 Å². The summed E-state index contributed by atoms with van der Waals surface area (Å²) in [5.41, 5.74) is 3.81. The molecule has 1 aromatic carbocycles. The van der Waals surface area contributed by atoms with Crippen molar-refractivity contribution < 1.29 is 14.3 Å². The third kappa shape index (κ3) is 3.60. The lowest BCUT2D eigenvalue weighted by molar-refractivity contribution is -0.149. The molecule has 1 amide bonds. The maximum absolute atomic E-state index is 12.5. The van der Waals surface area contributed by atoms with E-state index in [0.29, 0.717) is 23.3 Å². The normalized spacial score (nSPS) is 20.3. The van der Waals surface area contributed by atoms with Crippen LogP contribution in [-0.2, 0) is 20.9 Å². The van der Waals surface area contributed by atoms with E-state index in [9.17, 15) is 9.59 Å². The largest absolute Gasteiger partial charge is 0.460 e. The van der Waals surface area contributed by atoms with Crippen molar-refractivity contribution in [1.29, 1.82) is 0 Å². The molecule has 6 heteroatoms. The molecule has 2 aromatic rings. The first-order chi connectivity index (χ1) is 13.4. The average Bonchev–Trinajstić information content (AvgIpc) is 3.33. The predicted octanol–water partition coefficient (Wildman–Crippen LogP) is 4.34. The Balaban J connectivity index is 1.43. The number of ether oxygens (including phenoxy) is 1. The Morgan fingerprint density at radius 2 is 2.04 bits per heavy atom. The highest BCUT2D eigenvalue weighted by Crippen LogP contribution is 2.30. The molecule has 1 saturated carbocycles. The van der Waals surface area contributed by atoms with Gasteiger partial charge in [0.15, 0.2) is 0 Å². The maximum Gasteiger partial charge on any atom is 0.311 e. The van der Waals surface area contributed by atoms with Gasteiger partial charge in [-0.25, -0.2) is 4.98 Å². The molecule has 4 rings (SSSR count). The number of likely N-dealkylation sites (tertiary alicyclic amines) is 1. The Bertz CT molecular complexity index is 937. The number of esters is 1. The molecule has 1 atom stereocenters. The monoisotopic (exact) mass is 400 g/mol. The van der Waals surface area contributed by atoms with Crippen LogP contribution in [0.2, 0.25) is 5.15 Å². The van der Waals surface area contributed by atoms with Crippen LogP contribution in [0.4, 0.5) is 0 Å². The lowest BCUT2D eigenvalue weighted by atomic mass is 10.0. The molecule has 2 heterocycles. The van der Waals surface area contributed by atoms with Gasteiger partial charge in [-0.3, -0.25) is 9.59 Å². The van der Waals surface area contributed by atoms with Crippen molar-refractivity contribution in [2.45, 2.75) is 58.6 Å². The number of hydrogen-bond donors (Lipinski definition) is 0. The van der Waals surface area contributed by atoms with Gasteiger partial charge in [0.1, 0.15) is 11.8 Å². The molecule has 0 N–H and O–H groups in total. The molecule has 2 aliphatic rings. The van der Waals surface area contributed by atoms with E-state index in [2.05, 4.69) is 4.98 Å². The van der Waals surface area contributed by atoms with Gasteiger partial charge in [-0.2, -0.15) is 0 Å². The molecule has 0 radical (unpaired) electrons. The maximum atomic E-state index is 12.5. The number of fused-ring (bicyclic) bond motifs is 1. The van der Waals surface area contributed by atoms with Crippen LogP contribution in [0.1, 0.15) is 48.8 Å². The average molecular weight is 401 g/mol. The van der Waals surface area contributed by atoms with Gasteiger partial charge in [-0.15, -0.1) is 0 Å². The van der Waals surface area contributed by atoms with Crippen molar-refractivity contribution in [1.82, 2.24) is 9.88 Å². The fraction of sp³-hybridized carbons (Fsp3) is 0.500. The van der Waals surface area contributed by atoms with Gasteiger partial charge in [0.25, 0.3) is 0 Å². The molecule has 1 saturated heterocycles. The Morgan fingerprint density at radius 3 is 2.79 bits per heavy atom. The molecule has 1 aromatic heterocycles. The van der Waals surface area contributed by atoms with Gasteiger partial charge >= 0.3 is 5.97 Å². The first kappa shape index (κ1) is 19.2. The van der Waals surface area contributed by atoms with Crippen LogP contribution in [0.5, 0.6) is 0 Å². The van der Waals surface area contributed by atoms with Gasteiger partial charge in [-0.1, -0.05) is 36.6 Å². The molecule has 1 aliphatic heterocycles. The molecule has 0 spiro atoms. The van der Waals surface area contributed by atoms with E-state index in [4.69, 9.17) is 16.3 Å². The SMILES string of the molecule is Cc1ccc2cc(COC(=O)[C@H]3CC(=O)N(C4CCCC4)C3)c(Cl)nc2c1C. The fourth-order valence-electron chi connectivity index (χ4n) is 4.33. The van der Waals surface area contributed by atoms with E-state index in [0.717, 1.165) is 47.7 Å². The van der Waals surface area contributed by atoms with Crippen LogP contribution in [0.25, 0.3) is 10.9 Å². The van der Waals surface area contributed by atoms with E-state index in [1.54, 1.807) is 0 Å². The van der Waals surface area contributed by atoms with Gasteiger partial charge in [0, 0.05) is 30.0 Å². The second-order valence-electron chi connectivity index (χ2n) is 8.01. The topological polar surface area (TPSA) is 59.5 Å². The van der Waals surface area contributed by atoms with Crippen LogP contribution in [-0.4, -0.2) is 34.3 Å². The lowest BCUT2D eigenvalue weighted by Crippen LogP contribution is -2.35. The van der Waals surface area contributed by atoms with Gasteiger partial charge < -0.3 is 9.64 Å². The van der Waals surface area contributed by atoms with E-state index in [1.807, 2.05) is 36.9 Å². The number of pyridine rings is 1. The number of halogens is 1. The summed E-state index contributed by atoms with van der Waals surface area (Å²) in [6.07, 6.45) is 4.67. The summed E-state index contributed by atoms with van der Waals surface area (Å²) in [4.78, 5) is 31.2. The lowest BCUT2D eigenvalue weighted by Gasteiger charge is -2.23. The molecule has 1 aliphatic carbocycles. The van der Waals surface area contributed by atoms with Crippen molar-refractivity contribution in [3.8, 4) is 0 Å². The first-order valence-corrected chi connectivity index (χ1v) is 10.3. The minimum Gasteiger partial charge on any atom is -0.460 e. The summed E-state index contributed by atoms with van der Waals surface area (Å²) in [6.45, 7) is 4.61. The highest BCUT2D eigenvalue weighted by Gasteiger charge is 2.39. The first-order valence-electron chi connectivity index (χ1n) is 9.95. The molecule has 0 bridgehead atoms. The molecule has 5 nitrogen and oxygen atoms in total. The third-order valence-electron chi connectivity index (χ3n) is 6.16. The number of benzene rings is 1. The Hall–Kier alpha value is -2.14. The minimum atomic E-state index is -0.384. The number of rotatable bonds is 4. The standard InChI is InChI=1S/C22H25ClN2O3/c1-13-7-8-15-9-17(21(23)24-20(15)14(13)2)12-28-22(27)16-10-19(26)25(11-16)18-5-3-4-6-18/h7-9,16,18H,3-6,10-12H2,1-2H3/t16-/m0/s1. The fourth-order valence-corrected chi connectivity index (χ4v) is 4.52. The predicted molar refractivity (Wildman–Crippen MR) is 108 cm³/mol. The summed E-state index contributed by atoms with van der Waals surface area (Å²) in [5, 5.41) is 1.33. The zero-order valence-corrected chi connectivity index (χ0v) is 17.1. The van der Waals surface area contributed by atoms with Crippen molar-refractivity contribution in [3.05, 3.63) is 40.0 Å². The zero-order valence-electron chi connectivity index (χ0n) is 16.3. The summed E-state index contributed by atoms with van der Waals surface area (Å²) >= 11 is 6.34. The number of hydrogen-bond acceptors (Lipinski definition) is 4. The van der Waals surface area contributed by atoms with Crippen LogP contribution in [0.15, 0.2) is 18.2 Å². The summed E-state index contributed by atoms with van der Waals surface area (Å²) < 4.78 is 5.51. The summed E-state index contributed by atoms with van der Waals surface area (Å²) in [5.74, 6) is -0.639. The van der Waals surface area contributed by atoms with E-state index < -0.39 is 0 Å². The molecule has 0 unspecified atom stereocenters. The second kappa shape index (κ2) is 7.70. The number of carbonyl (C=O) groups is 2. The van der Waals surface area contributed by atoms with Crippen LogP contribution < -0.4 is 0 Å². The van der Waals surface area contributed by atoms with E-state index in [1.165, 1.54) is 0 Å². The zero-order chi connectivity index (χ0) is 19.8. The third-order valence-corrected chi connectivity index (χ3v) is 6.49. The molecule has 148 valence electrons. The molecule has 2 fully saturated rings. The number of carbonyl (C=O) groups excluding carboxylic acids is 2. The number of aryl methyl sites for hydroxylation is 2. The molecular weight excluding hydrogens is 376 g/mol. The quantitative estimate of drug-likeness (QED) is 0.565. The van der Waals surface area contributed by atoms with Crippen molar-refractivity contribution in [2.75, 3.05) is 6.54 Å². The van der Waals surface area contributed by atoms with Gasteiger partial charge in [-0.05, 0) is 43.9 Å². The van der Waals surface area contributed by atoms with E-state index in [-0.39, 0.29) is 30.8 Å². The summed E-state index contributed by atoms with van der Waals surface area (Å²) in [7, 11) is 0. The van der Waals surface area contributed by atoms with Crippen LogP contribution in [0, 0.1) is 19.8 Å². The summed E-state index contributed by atoms with van der Waals surface area (Å²) in [6, 6.07) is 6.28. The number of aromatic nitrogens is 1. The Labute approximate surface area is 170 Å². The van der Waals surface area contributed by atoms with Crippen molar-refractivity contribution in [3.63, 3.8) is 0 Å². The van der Waals surface area contributed by atoms with E-state index >= 15 is 0 Å². The molecule has 28 heavy (non-hydrogen) atoms. The Kier molecular flexibility index (Phi) is 5.28. The minimum absolute atomic E-state index is 0.0711. The van der Waals surface area contributed by atoms with Crippen molar-refractivity contribution in [2.24, 2.45) is 5.92 Å². The van der Waals surface area contributed by atoms with Gasteiger partial charge in [0.2, 0.25) is 5.91 Å². The van der Waals surface area contributed by atoms with Crippen molar-refractivity contribution >= 4 is 34.4 Å². The van der Waals surface area contributed by atoms with Crippen LogP contribution >= 0.6 is 11.6 Å². The second-order valence-corrected chi connectivity index (χ2v) is 8.37. The Morgan fingerprint density at radius 1 is 1.29 bits per heavy atom. The highest BCUT2D eigenvalue weighted by atomic mass is 35.5. The molecular formula is C22H25ClN2O3. The number of amides is 1. The van der Waals surface area contributed by atoms with Crippen LogP contribution in [0.3, 0.4) is 0 Å². The highest BCUT2D eigenvalue weighted by molar-refractivity contribution is 6.30. The number of nitrogens with zero attached hydrogens (tertiary/aromatic N) is 2. The smallest absolute Gasteiger partial charge is 0.311 e.